The van der Waals surface area contributed by atoms with Crippen LogP contribution in [0.15, 0.2) is 71.3 Å². The van der Waals surface area contributed by atoms with E-state index in [1.165, 1.54) is 0 Å². The number of nitrogens with one attached hydrogen (secondary N) is 3. The van der Waals surface area contributed by atoms with Gasteiger partial charge in [0.05, 0.1) is 25.5 Å². The van der Waals surface area contributed by atoms with Crippen LogP contribution in [0.1, 0.15) is 30.0 Å². The van der Waals surface area contributed by atoms with Gasteiger partial charge in [0.2, 0.25) is 5.91 Å². The van der Waals surface area contributed by atoms with Gasteiger partial charge >= 0.3 is 0 Å². The van der Waals surface area contributed by atoms with Crippen molar-refractivity contribution in [2.45, 2.75) is 26.5 Å². The molecule has 0 aliphatic rings. The molecule has 1 aromatic heterocycles. The SMILES string of the molecule is CC(C)Oc1ccc(NCC(=O)Nc2ccc(C(=O)NCc3ccco3)cc2)cc1. The summed E-state index contributed by atoms with van der Waals surface area (Å²) in [4.78, 5) is 24.3. The van der Waals surface area contributed by atoms with Gasteiger partial charge in [0.1, 0.15) is 11.5 Å². The summed E-state index contributed by atoms with van der Waals surface area (Å²) in [5.41, 5.74) is 1.94. The van der Waals surface area contributed by atoms with E-state index in [0.717, 1.165) is 11.4 Å². The summed E-state index contributed by atoms with van der Waals surface area (Å²) >= 11 is 0. The molecule has 0 bridgehead atoms. The van der Waals surface area contributed by atoms with Crippen molar-refractivity contribution >= 4 is 23.2 Å². The molecule has 0 saturated heterocycles. The van der Waals surface area contributed by atoms with Crippen LogP contribution in [0.25, 0.3) is 0 Å². The van der Waals surface area contributed by atoms with E-state index in [-0.39, 0.29) is 24.5 Å². The maximum atomic E-state index is 12.2. The van der Waals surface area contributed by atoms with Gasteiger partial charge in [-0.3, -0.25) is 9.59 Å². The van der Waals surface area contributed by atoms with Gasteiger partial charge in [-0.05, 0) is 74.5 Å². The van der Waals surface area contributed by atoms with Crippen molar-refractivity contribution in [3.05, 3.63) is 78.3 Å². The number of amides is 2. The van der Waals surface area contributed by atoms with Crippen molar-refractivity contribution in [3.8, 4) is 5.75 Å². The molecule has 0 atom stereocenters. The zero-order valence-electron chi connectivity index (χ0n) is 17.0. The molecule has 0 unspecified atom stereocenters. The van der Waals surface area contributed by atoms with Crippen LogP contribution in [0.4, 0.5) is 11.4 Å². The van der Waals surface area contributed by atoms with E-state index in [2.05, 4.69) is 16.0 Å². The quantitative estimate of drug-likeness (QED) is 0.498. The highest BCUT2D eigenvalue weighted by Gasteiger charge is 2.08. The first-order chi connectivity index (χ1) is 14.5. The number of carbonyl (C=O) groups excluding carboxylic acids is 2. The number of hydrogen-bond acceptors (Lipinski definition) is 5. The highest BCUT2D eigenvalue weighted by Crippen LogP contribution is 2.17. The second kappa shape index (κ2) is 10.2. The summed E-state index contributed by atoms with van der Waals surface area (Å²) in [7, 11) is 0. The Labute approximate surface area is 175 Å². The zero-order chi connectivity index (χ0) is 21.3. The Morgan fingerprint density at radius 2 is 1.67 bits per heavy atom. The van der Waals surface area contributed by atoms with Crippen LogP contribution in [-0.2, 0) is 11.3 Å². The van der Waals surface area contributed by atoms with Gasteiger partial charge < -0.3 is 25.1 Å². The number of rotatable bonds is 9. The fourth-order valence-corrected chi connectivity index (χ4v) is 2.70. The molecule has 0 spiro atoms. The Morgan fingerprint density at radius 3 is 2.30 bits per heavy atom. The number of benzene rings is 2. The normalized spacial score (nSPS) is 10.5. The summed E-state index contributed by atoms with van der Waals surface area (Å²) in [6.45, 7) is 4.38. The molecule has 3 N–H and O–H groups in total. The van der Waals surface area contributed by atoms with Gasteiger partial charge in [0, 0.05) is 16.9 Å². The molecule has 156 valence electrons. The molecule has 0 aliphatic carbocycles. The highest BCUT2D eigenvalue weighted by molar-refractivity contribution is 5.96. The molecule has 0 aliphatic heterocycles. The van der Waals surface area contributed by atoms with E-state index in [0.29, 0.717) is 23.6 Å². The molecular formula is C23H25N3O4. The maximum absolute atomic E-state index is 12.2. The van der Waals surface area contributed by atoms with Gasteiger partial charge in [-0.25, -0.2) is 0 Å². The van der Waals surface area contributed by atoms with Crippen LogP contribution in [0.2, 0.25) is 0 Å². The Balaban J connectivity index is 1.44. The molecule has 0 saturated carbocycles. The molecule has 0 radical (unpaired) electrons. The Kier molecular flexibility index (Phi) is 7.10. The highest BCUT2D eigenvalue weighted by atomic mass is 16.5. The van der Waals surface area contributed by atoms with E-state index in [4.69, 9.17) is 9.15 Å². The Morgan fingerprint density at radius 1 is 0.967 bits per heavy atom. The Bertz CT molecular complexity index is 949. The molecule has 3 rings (SSSR count). The third-order valence-corrected chi connectivity index (χ3v) is 4.11. The van der Waals surface area contributed by atoms with Crippen LogP contribution >= 0.6 is 0 Å². The first-order valence-corrected chi connectivity index (χ1v) is 9.70. The minimum Gasteiger partial charge on any atom is -0.491 e. The average Bonchev–Trinajstić information content (AvgIpc) is 3.25. The second-order valence-electron chi connectivity index (χ2n) is 6.93. The van der Waals surface area contributed by atoms with Crippen molar-refractivity contribution in [2.24, 2.45) is 0 Å². The maximum Gasteiger partial charge on any atom is 0.251 e. The lowest BCUT2D eigenvalue weighted by Gasteiger charge is -2.11. The third-order valence-electron chi connectivity index (χ3n) is 4.11. The van der Waals surface area contributed by atoms with E-state index in [1.807, 2.05) is 38.1 Å². The fourth-order valence-electron chi connectivity index (χ4n) is 2.70. The van der Waals surface area contributed by atoms with Crippen molar-refractivity contribution < 1.29 is 18.7 Å². The summed E-state index contributed by atoms with van der Waals surface area (Å²) in [5, 5.41) is 8.64. The van der Waals surface area contributed by atoms with Gasteiger partial charge in [-0.15, -0.1) is 0 Å². The molecule has 7 nitrogen and oxygen atoms in total. The van der Waals surface area contributed by atoms with Gasteiger partial charge in [-0.2, -0.15) is 0 Å². The predicted octanol–water partition coefficient (Wildman–Crippen LogP) is 4.05. The lowest BCUT2D eigenvalue weighted by Crippen LogP contribution is -2.23. The van der Waals surface area contributed by atoms with Crippen LogP contribution in [0.5, 0.6) is 5.75 Å². The van der Waals surface area contributed by atoms with Crippen molar-refractivity contribution in [1.29, 1.82) is 0 Å². The Hall–Kier alpha value is -3.74. The van der Waals surface area contributed by atoms with Crippen molar-refractivity contribution in [2.75, 3.05) is 17.2 Å². The summed E-state index contributed by atoms with van der Waals surface area (Å²) in [5.74, 6) is 1.07. The monoisotopic (exact) mass is 407 g/mol. The van der Waals surface area contributed by atoms with E-state index >= 15 is 0 Å². The van der Waals surface area contributed by atoms with Crippen LogP contribution in [0, 0.1) is 0 Å². The second-order valence-corrected chi connectivity index (χ2v) is 6.93. The number of anilines is 2. The lowest BCUT2D eigenvalue weighted by atomic mass is 10.2. The van der Waals surface area contributed by atoms with Crippen LogP contribution in [0.3, 0.4) is 0 Å². The first-order valence-electron chi connectivity index (χ1n) is 9.70. The van der Waals surface area contributed by atoms with Crippen LogP contribution in [-0.4, -0.2) is 24.5 Å². The molecule has 3 aromatic rings. The van der Waals surface area contributed by atoms with Crippen LogP contribution < -0.4 is 20.7 Å². The third kappa shape index (κ3) is 6.41. The van der Waals surface area contributed by atoms with Crippen molar-refractivity contribution in [1.82, 2.24) is 5.32 Å². The summed E-state index contributed by atoms with van der Waals surface area (Å²) in [6, 6.07) is 17.7. The smallest absolute Gasteiger partial charge is 0.251 e. The fraction of sp³-hybridized carbons (Fsp3) is 0.217. The predicted molar refractivity (Wildman–Crippen MR) is 116 cm³/mol. The number of carbonyl (C=O) groups is 2. The molecule has 2 aromatic carbocycles. The van der Waals surface area contributed by atoms with E-state index < -0.39 is 0 Å². The minimum atomic E-state index is -0.212. The summed E-state index contributed by atoms with van der Waals surface area (Å²) in [6.07, 6.45) is 1.67. The lowest BCUT2D eigenvalue weighted by molar-refractivity contribution is -0.114. The number of furan rings is 1. The standard InChI is InChI=1S/C23H25N3O4/c1-16(2)30-20-11-9-18(10-12-20)24-15-22(27)26-19-7-5-17(6-8-19)23(28)25-14-21-4-3-13-29-21/h3-13,16,24H,14-15H2,1-2H3,(H,25,28)(H,26,27). The number of hydrogen-bond donors (Lipinski definition) is 3. The zero-order valence-corrected chi connectivity index (χ0v) is 17.0. The average molecular weight is 407 g/mol. The molecule has 0 fully saturated rings. The summed E-state index contributed by atoms with van der Waals surface area (Å²) < 4.78 is 10.8. The number of ether oxygens (including phenoxy) is 1. The minimum absolute atomic E-state index is 0.114. The molecule has 2 amide bonds. The van der Waals surface area contributed by atoms with Gasteiger partial charge in [0.15, 0.2) is 0 Å². The molecular weight excluding hydrogens is 382 g/mol. The van der Waals surface area contributed by atoms with Crippen molar-refractivity contribution in [3.63, 3.8) is 0 Å². The topological polar surface area (TPSA) is 92.6 Å². The van der Waals surface area contributed by atoms with Gasteiger partial charge in [-0.1, -0.05) is 0 Å². The molecule has 7 heteroatoms. The van der Waals surface area contributed by atoms with E-state index in [9.17, 15) is 9.59 Å². The first kappa shape index (κ1) is 21.0. The van der Waals surface area contributed by atoms with E-state index in [1.54, 1.807) is 42.7 Å². The molecule has 1 heterocycles. The molecule has 30 heavy (non-hydrogen) atoms. The van der Waals surface area contributed by atoms with Gasteiger partial charge in [0.25, 0.3) is 5.91 Å². The largest absolute Gasteiger partial charge is 0.491 e.